The molecule has 0 N–H and O–H groups in total. The molecule has 3 rings (SSSR count). The third-order valence-corrected chi connectivity index (χ3v) is 5.92. The average Bonchev–Trinajstić information content (AvgIpc) is 3.13. The van der Waals surface area contributed by atoms with E-state index in [0.29, 0.717) is 28.7 Å². The minimum absolute atomic E-state index is 0.0747. The van der Waals surface area contributed by atoms with Gasteiger partial charge in [0.1, 0.15) is 0 Å². The molecule has 0 aliphatic carbocycles. The van der Waals surface area contributed by atoms with Crippen molar-refractivity contribution in [3.05, 3.63) is 62.3 Å². The Morgan fingerprint density at radius 3 is 2.77 bits per heavy atom. The number of benzene rings is 1. The number of esters is 1. The van der Waals surface area contributed by atoms with Gasteiger partial charge >= 0.3 is 5.97 Å². The van der Waals surface area contributed by atoms with Crippen LogP contribution in [0.5, 0.6) is 0 Å². The molecule has 30 heavy (non-hydrogen) atoms. The fraction of sp³-hybridized carbons (Fsp3) is 0.350. The van der Waals surface area contributed by atoms with E-state index in [-0.39, 0.29) is 23.6 Å². The minimum atomic E-state index is -0.689. The highest BCUT2D eigenvalue weighted by molar-refractivity contribution is 8.16. The number of aliphatic imine (C=N–C) groups is 1. The highest BCUT2D eigenvalue weighted by atomic mass is 32.2. The van der Waals surface area contributed by atoms with Crippen LogP contribution in [0.3, 0.4) is 0 Å². The Hall–Kier alpha value is -3.14. The predicted octanol–water partition coefficient (Wildman–Crippen LogP) is 3.21. The van der Waals surface area contributed by atoms with E-state index in [1.807, 2.05) is 12.3 Å². The van der Waals surface area contributed by atoms with Crippen LogP contribution >= 0.6 is 11.8 Å². The van der Waals surface area contributed by atoms with E-state index in [9.17, 15) is 19.7 Å². The number of methoxy groups -OCH3 is 1. The van der Waals surface area contributed by atoms with E-state index in [2.05, 4.69) is 4.99 Å². The fourth-order valence-electron chi connectivity index (χ4n) is 3.33. The molecule has 1 amide bonds. The molecule has 2 aliphatic heterocycles. The van der Waals surface area contributed by atoms with Crippen LogP contribution < -0.4 is 0 Å². The molecule has 0 saturated carbocycles. The number of non-ortho nitro benzene ring substituents is 1. The maximum absolute atomic E-state index is 12.6. The average molecular weight is 430 g/mol. The van der Waals surface area contributed by atoms with Gasteiger partial charge in [0.2, 0.25) is 5.91 Å². The van der Waals surface area contributed by atoms with Gasteiger partial charge in [-0.3, -0.25) is 14.9 Å². The molecule has 1 aromatic carbocycles. The van der Waals surface area contributed by atoms with E-state index in [0.717, 1.165) is 0 Å². The SMILES string of the molecule is CCN(C)C(=O)CC1=CSC2=NC(C)=C(C(=O)OC)[C@H](c3cccc([N+](=O)[O-])c3)N12. The van der Waals surface area contributed by atoms with E-state index < -0.39 is 16.9 Å². The monoisotopic (exact) mass is 430 g/mol. The van der Waals surface area contributed by atoms with E-state index >= 15 is 0 Å². The molecule has 1 aromatic rings. The van der Waals surface area contributed by atoms with Crippen molar-refractivity contribution in [2.45, 2.75) is 26.3 Å². The van der Waals surface area contributed by atoms with E-state index in [1.54, 1.807) is 35.9 Å². The number of carbonyl (C=O) groups excluding carboxylic acids is 2. The van der Waals surface area contributed by atoms with Crippen molar-refractivity contribution in [1.29, 1.82) is 0 Å². The van der Waals surface area contributed by atoms with Gasteiger partial charge in [0.25, 0.3) is 5.69 Å². The Morgan fingerprint density at radius 1 is 1.40 bits per heavy atom. The third kappa shape index (κ3) is 3.95. The molecular weight excluding hydrogens is 408 g/mol. The molecule has 0 fully saturated rings. The van der Waals surface area contributed by atoms with Crippen LogP contribution in [0.1, 0.15) is 31.9 Å². The first kappa shape index (κ1) is 21.6. The molecule has 2 heterocycles. The fourth-order valence-corrected chi connectivity index (χ4v) is 4.30. The molecule has 0 radical (unpaired) electrons. The number of nitro groups is 1. The van der Waals surface area contributed by atoms with Crippen molar-refractivity contribution in [1.82, 2.24) is 9.80 Å². The number of carbonyl (C=O) groups is 2. The van der Waals surface area contributed by atoms with E-state index in [4.69, 9.17) is 4.74 Å². The maximum Gasteiger partial charge on any atom is 0.338 e. The molecule has 2 aliphatic rings. The van der Waals surface area contributed by atoms with Gasteiger partial charge in [0, 0.05) is 31.4 Å². The Kier molecular flexibility index (Phi) is 6.25. The Labute approximate surface area is 178 Å². The quantitative estimate of drug-likeness (QED) is 0.388. The summed E-state index contributed by atoms with van der Waals surface area (Å²) in [5, 5.41) is 13.8. The smallest absolute Gasteiger partial charge is 0.338 e. The van der Waals surface area contributed by atoms with Gasteiger partial charge in [0.15, 0.2) is 5.17 Å². The zero-order chi connectivity index (χ0) is 22.0. The van der Waals surface area contributed by atoms with Crippen molar-refractivity contribution in [2.24, 2.45) is 4.99 Å². The van der Waals surface area contributed by atoms with Gasteiger partial charge in [0.05, 0.1) is 35.8 Å². The van der Waals surface area contributed by atoms with Crippen LogP contribution in [0.15, 0.2) is 51.6 Å². The summed E-state index contributed by atoms with van der Waals surface area (Å²) >= 11 is 1.35. The maximum atomic E-state index is 12.6. The second kappa shape index (κ2) is 8.70. The molecule has 0 saturated heterocycles. The number of ether oxygens (including phenoxy) is 1. The molecule has 1 atom stereocenters. The van der Waals surface area contributed by atoms with Crippen LogP contribution in [-0.4, -0.2) is 52.5 Å². The number of thioether (sulfide) groups is 1. The lowest BCUT2D eigenvalue weighted by molar-refractivity contribution is -0.384. The van der Waals surface area contributed by atoms with Gasteiger partial charge in [-0.25, -0.2) is 9.79 Å². The summed E-state index contributed by atoms with van der Waals surface area (Å²) in [6.45, 7) is 4.16. The van der Waals surface area contributed by atoms with Crippen LogP contribution in [0.25, 0.3) is 0 Å². The zero-order valence-electron chi connectivity index (χ0n) is 17.1. The van der Waals surface area contributed by atoms with Crippen molar-refractivity contribution in [2.75, 3.05) is 20.7 Å². The number of allylic oxidation sites excluding steroid dienone is 1. The van der Waals surface area contributed by atoms with Gasteiger partial charge in [-0.1, -0.05) is 23.9 Å². The molecule has 0 spiro atoms. The number of amides is 1. The van der Waals surface area contributed by atoms with E-state index in [1.165, 1.54) is 31.0 Å². The summed E-state index contributed by atoms with van der Waals surface area (Å²) < 4.78 is 4.98. The van der Waals surface area contributed by atoms with Crippen molar-refractivity contribution in [3.8, 4) is 0 Å². The first-order valence-corrected chi connectivity index (χ1v) is 10.2. The molecule has 0 unspecified atom stereocenters. The first-order valence-electron chi connectivity index (χ1n) is 9.29. The minimum Gasteiger partial charge on any atom is -0.466 e. The summed E-state index contributed by atoms with van der Waals surface area (Å²) in [6, 6.07) is 5.43. The van der Waals surface area contributed by atoms with Gasteiger partial charge in [-0.15, -0.1) is 0 Å². The van der Waals surface area contributed by atoms with Gasteiger partial charge < -0.3 is 14.5 Å². The summed E-state index contributed by atoms with van der Waals surface area (Å²) in [7, 11) is 3.00. The second-order valence-corrected chi connectivity index (χ2v) is 7.66. The molecule has 158 valence electrons. The molecule has 0 bridgehead atoms. The van der Waals surface area contributed by atoms with Crippen LogP contribution in [0, 0.1) is 10.1 Å². The summed E-state index contributed by atoms with van der Waals surface area (Å²) in [5.41, 5.74) is 1.89. The second-order valence-electron chi connectivity index (χ2n) is 6.82. The number of nitro benzene ring substituents is 1. The summed E-state index contributed by atoms with van der Waals surface area (Å²) in [5.74, 6) is -0.644. The molecule has 9 nitrogen and oxygen atoms in total. The number of fused-ring (bicyclic) bond motifs is 1. The topological polar surface area (TPSA) is 105 Å². The third-order valence-electron chi connectivity index (χ3n) is 5.04. The van der Waals surface area contributed by atoms with Crippen molar-refractivity contribution < 1.29 is 19.2 Å². The largest absolute Gasteiger partial charge is 0.466 e. The summed E-state index contributed by atoms with van der Waals surface area (Å²) in [6.07, 6.45) is 0.120. The lowest BCUT2D eigenvalue weighted by Crippen LogP contribution is -2.38. The number of hydrogen-bond acceptors (Lipinski definition) is 8. The lowest BCUT2D eigenvalue weighted by atomic mass is 9.93. The number of rotatable bonds is 6. The molecular formula is C20H22N4O5S. The number of nitrogens with zero attached hydrogens (tertiary/aromatic N) is 4. The van der Waals surface area contributed by atoms with Crippen molar-refractivity contribution >= 4 is 34.5 Å². The van der Waals surface area contributed by atoms with Gasteiger partial charge in [-0.2, -0.15) is 0 Å². The Balaban J connectivity index is 2.10. The van der Waals surface area contributed by atoms with Crippen LogP contribution in [0.4, 0.5) is 5.69 Å². The number of hydrogen-bond donors (Lipinski definition) is 0. The highest BCUT2D eigenvalue weighted by Gasteiger charge is 2.41. The highest BCUT2D eigenvalue weighted by Crippen LogP contribution is 2.45. The molecule has 0 aromatic heterocycles. The number of amidine groups is 1. The van der Waals surface area contributed by atoms with Crippen molar-refractivity contribution in [3.63, 3.8) is 0 Å². The Bertz CT molecular complexity index is 1000. The predicted molar refractivity (Wildman–Crippen MR) is 113 cm³/mol. The lowest BCUT2D eigenvalue weighted by Gasteiger charge is -2.36. The standard InChI is InChI=1S/C20H22N4O5S/c1-5-22(3)16(25)10-15-11-30-20-21-12(2)17(19(26)29-4)18(23(15)20)13-7-6-8-14(9-13)24(27)28/h6-9,11,18H,5,10H2,1-4H3/t18-/m0/s1. The first-order chi connectivity index (χ1) is 14.3. The zero-order valence-corrected chi connectivity index (χ0v) is 17.9. The van der Waals surface area contributed by atoms with Crippen LogP contribution in [0.2, 0.25) is 0 Å². The summed E-state index contributed by atoms with van der Waals surface area (Å²) in [4.78, 5) is 43.9. The van der Waals surface area contributed by atoms with Crippen LogP contribution in [-0.2, 0) is 14.3 Å². The Morgan fingerprint density at radius 2 is 2.13 bits per heavy atom. The normalized spacial score (nSPS) is 17.9. The molecule has 10 heteroatoms. The van der Waals surface area contributed by atoms with Gasteiger partial charge in [-0.05, 0) is 24.8 Å².